The number of amides is 1. The molecule has 0 heterocycles. The summed E-state index contributed by atoms with van der Waals surface area (Å²) in [6.07, 6.45) is 0.0184. The van der Waals surface area contributed by atoms with E-state index in [2.05, 4.69) is 10.0 Å². The van der Waals surface area contributed by atoms with E-state index in [0.717, 1.165) is 5.56 Å². The Morgan fingerprint density at radius 3 is 2.58 bits per heavy atom. The van der Waals surface area contributed by atoms with Crippen molar-refractivity contribution in [3.8, 4) is 5.75 Å². The predicted octanol–water partition coefficient (Wildman–Crippen LogP) is 3.01. The monoisotopic (exact) mass is 376 g/mol. The van der Waals surface area contributed by atoms with Crippen molar-refractivity contribution < 1.29 is 17.9 Å². The van der Waals surface area contributed by atoms with Crippen LogP contribution in [-0.2, 0) is 14.8 Å². The van der Waals surface area contributed by atoms with Crippen molar-refractivity contribution in [2.24, 2.45) is 0 Å². The Kier molecular flexibility index (Phi) is 6.76. The number of carbonyl (C=O) groups is 1. The van der Waals surface area contributed by atoms with Gasteiger partial charge in [0, 0.05) is 13.0 Å². The highest BCUT2D eigenvalue weighted by atomic mass is 32.2. The summed E-state index contributed by atoms with van der Waals surface area (Å²) in [7, 11) is -3.65. The molecule has 0 aliphatic carbocycles. The molecule has 0 aromatic heterocycles. The third-order valence-electron chi connectivity index (χ3n) is 3.74. The summed E-state index contributed by atoms with van der Waals surface area (Å²) in [4.78, 5) is 12.3. The number of carbonyl (C=O) groups excluding carboxylic acids is 1. The molecular formula is C19H24N2O4S. The molecule has 0 bridgehead atoms. The fourth-order valence-corrected chi connectivity index (χ4v) is 3.80. The van der Waals surface area contributed by atoms with Crippen LogP contribution in [0.15, 0.2) is 47.4 Å². The molecule has 6 nitrogen and oxygen atoms in total. The number of hydrogen-bond donors (Lipinski definition) is 2. The van der Waals surface area contributed by atoms with Gasteiger partial charge in [-0.1, -0.05) is 24.3 Å². The van der Waals surface area contributed by atoms with E-state index in [-0.39, 0.29) is 23.8 Å². The Labute approximate surface area is 154 Å². The second-order valence-electron chi connectivity index (χ2n) is 5.89. The molecule has 0 atom stereocenters. The molecule has 2 aromatic carbocycles. The number of benzene rings is 2. The molecule has 7 heteroatoms. The quantitative estimate of drug-likeness (QED) is 0.742. The largest absolute Gasteiger partial charge is 0.492 e. The van der Waals surface area contributed by atoms with Crippen LogP contribution in [0.3, 0.4) is 0 Å². The standard InChI is InChI=1S/C19H24N2O4S/c1-4-25-17-8-6-5-7-16(17)21-19(22)11-12-20-26(23,24)18-13-14(2)9-10-15(18)3/h5-10,13,20H,4,11-12H2,1-3H3,(H,21,22). The zero-order valence-corrected chi connectivity index (χ0v) is 16.0. The van der Waals surface area contributed by atoms with Gasteiger partial charge in [0.15, 0.2) is 0 Å². The average Bonchev–Trinajstić information content (AvgIpc) is 2.59. The van der Waals surface area contributed by atoms with Crippen LogP contribution in [0, 0.1) is 13.8 Å². The number of rotatable bonds is 8. The minimum absolute atomic E-state index is 0.0123. The van der Waals surface area contributed by atoms with Gasteiger partial charge in [-0.3, -0.25) is 4.79 Å². The number of anilines is 1. The average molecular weight is 376 g/mol. The van der Waals surface area contributed by atoms with E-state index in [0.29, 0.717) is 23.6 Å². The molecule has 0 aliphatic rings. The first-order valence-electron chi connectivity index (χ1n) is 8.42. The predicted molar refractivity (Wildman–Crippen MR) is 102 cm³/mol. The number of aryl methyl sites for hydroxylation is 2. The Morgan fingerprint density at radius 2 is 1.85 bits per heavy atom. The van der Waals surface area contributed by atoms with Crippen molar-refractivity contribution >= 4 is 21.6 Å². The van der Waals surface area contributed by atoms with Gasteiger partial charge in [-0.2, -0.15) is 0 Å². The van der Waals surface area contributed by atoms with Gasteiger partial charge in [-0.15, -0.1) is 0 Å². The summed E-state index contributed by atoms with van der Waals surface area (Å²) in [5.74, 6) is 0.292. The van der Waals surface area contributed by atoms with Gasteiger partial charge < -0.3 is 10.1 Å². The molecule has 0 saturated heterocycles. The van der Waals surface area contributed by atoms with Crippen LogP contribution < -0.4 is 14.8 Å². The molecule has 2 rings (SSSR count). The zero-order chi connectivity index (χ0) is 19.2. The van der Waals surface area contributed by atoms with Gasteiger partial charge in [0.25, 0.3) is 0 Å². The third kappa shape index (κ3) is 5.31. The Morgan fingerprint density at radius 1 is 1.12 bits per heavy atom. The van der Waals surface area contributed by atoms with Crippen LogP contribution in [0.1, 0.15) is 24.5 Å². The maximum Gasteiger partial charge on any atom is 0.240 e. The topological polar surface area (TPSA) is 84.5 Å². The highest BCUT2D eigenvalue weighted by Crippen LogP contribution is 2.23. The molecule has 0 fully saturated rings. The maximum atomic E-state index is 12.4. The lowest BCUT2D eigenvalue weighted by Gasteiger charge is -2.12. The second kappa shape index (κ2) is 8.82. The highest BCUT2D eigenvalue weighted by Gasteiger charge is 2.17. The Balaban J connectivity index is 1.95. The first-order valence-corrected chi connectivity index (χ1v) is 9.90. The molecular weight excluding hydrogens is 352 g/mol. The second-order valence-corrected chi connectivity index (χ2v) is 7.63. The SMILES string of the molecule is CCOc1ccccc1NC(=O)CCNS(=O)(=O)c1cc(C)ccc1C. The summed E-state index contributed by atoms with van der Waals surface area (Å²) in [5.41, 5.74) is 2.09. The number of para-hydroxylation sites is 2. The van der Waals surface area contributed by atoms with E-state index >= 15 is 0 Å². The van der Waals surface area contributed by atoms with Crippen LogP contribution >= 0.6 is 0 Å². The number of sulfonamides is 1. The van der Waals surface area contributed by atoms with Gasteiger partial charge in [-0.05, 0) is 50.1 Å². The fourth-order valence-electron chi connectivity index (χ4n) is 2.44. The first kappa shape index (κ1) is 19.9. The van der Waals surface area contributed by atoms with Crippen LogP contribution in [0.2, 0.25) is 0 Å². The lowest BCUT2D eigenvalue weighted by atomic mass is 10.2. The minimum atomic E-state index is -3.65. The summed E-state index contributed by atoms with van der Waals surface area (Å²) in [6, 6.07) is 12.4. The lowest BCUT2D eigenvalue weighted by molar-refractivity contribution is -0.116. The number of ether oxygens (including phenoxy) is 1. The number of hydrogen-bond acceptors (Lipinski definition) is 4. The van der Waals surface area contributed by atoms with Crippen molar-refractivity contribution in [1.82, 2.24) is 4.72 Å². The van der Waals surface area contributed by atoms with E-state index in [4.69, 9.17) is 4.74 Å². The molecule has 0 aliphatic heterocycles. The van der Waals surface area contributed by atoms with Gasteiger partial charge in [0.2, 0.25) is 15.9 Å². The van der Waals surface area contributed by atoms with E-state index in [1.807, 2.05) is 26.0 Å². The summed E-state index contributed by atoms with van der Waals surface area (Å²) >= 11 is 0. The van der Waals surface area contributed by atoms with Gasteiger partial charge in [0.1, 0.15) is 5.75 Å². The van der Waals surface area contributed by atoms with E-state index in [1.54, 1.807) is 37.3 Å². The normalized spacial score (nSPS) is 11.2. The molecule has 26 heavy (non-hydrogen) atoms. The van der Waals surface area contributed by atoms with Crippen molar-refractivity contribution in [2.45, 2.75) is 32.1 Å². The van der Waals surface area contributed by atoms with Gasteiger partial charge in [0.05, 0.1) is 17.2 Å². The molecule has 140 valence electrons. The molecule has 0 spiro atoms. The van der Waals surface area contributed by atoms with E-state index < -0.39 is 10.0 Å². The molecule has 0 unspecified atom stereocenters. The lowest BCUT2D eigenvalue weighted by Crippen LogP contribution is -2.28. The molecule has 1 amide bonds. The molecule has 2 aromatic rings. The maximum absolute atomic E-state index is 12.4. The van der Waals surface area contributed by atoms with Crippen molar-refractivity contribution in [2.75, 3.05) is 18.5 Å². The summed E-state index contributed by atoms with van der Waals surface area (Å²) in [6.45, 7) is 5.94. The van der Waals surface area contributed by atoms with Crippen LogP contribution in [-0.4, -0.2) is 27.5 Å². The van der Waals surface area contributed by atoms with Crippen molar-refractivity contribution in [1.29, 1.82) is 0 Å². The van der Waals surface area contributed by atoms with E-state index in [1.165, 1.54) is 0 Å². The van der Waals surface area contributed by atoms with Crippen molar-refractivity contribution in [3.63, 3.8) is 0 Å². The third-order valence-corrected chi connectivity index (χ3v) is 5.34. The zero-order valence-electron chi connectivity index (χ0n) is 15.2. The Hall–Kier alpha value is -2.38. The van der Waals surface area contributed by atoms with Gasteiger partial charge >= 0.3 is 0 Å². The van der Waals surface area contributed by atoms with Crippen molar-refractivity contribution in [3.05, 3.63) is 53.6 Å². The molecule has 2 N–H and O–H groups in total. The summed E-state index contributed by atoms with van der Waals surface area (Å²) in [5, 5.41) is 2.74. The molecule has 0 saturated carbocycles. The smallest absolute Gasteiger partial charge is 0.240 e. The van der Waals surface area contributed by atoms with Crippen LogP contribution in [0.4, 0.5) is 5.69 Å². The fraction of sp³-hybridized carbons (Fsp3) is 0.316. The highest BCUT2D eigenvalue weighted by molar-refractivity contribution is 7.89. The van der Waals surface area contributed by atoms with Gasteiger partial charge in [-0.25, -0.2) is 13.1 Å². The first-order chi connectivity index (χ1) is 12.3. The Bertz CT molecular complexity index is 879. The van der Waals surface area contributed by atoms with E-state index in [9.17, 15) is 13.2 Å². The molecule has 0 radical (unpaired) electrons. The minimum Gasteiger partial charge on any atom is -0.492 e. The van der Waals surface area contributed by atoms with Crippen LogP contribution in [0.5, 0.6) is 5.75 Å². The van der Waals surface area contributed by atoms with Crippen LogP contribution in [0.25, 0.3) is 0 Å². The summed E-state index contributed by atoms with van der Waals surface area (Å²) < 4.78 is 32.8. The number of nitrogens with one attached hydrogen (secondary N) is 2.